The van der Waals surface area contributed by atoms with Crippen molar-refractivity contribution >= 4 is 17.7 Å². The first-order valence-electron chi connectivity index (χ1n) is 8.69. The SMILES string of the molecule is Cc1cc(C)c(NC(=O)/C(C#N)=C\N(CCN)C(=O)OC(C)(C)C)c(C)c1. The summed E-state index contributed by atoms with van der Waals surface area (Å²) in [6.45, 7) is 11.2. The Morgan fingerprint density at radius 3 is 2.26 bits per heavy atom. The number of carbonyl (C=O) groups excluding carboxylic acids is 2. The van der Waals surface area contributed by atoms with E-state index in [1.807, 2.05) is 39.0 Å². The van der Waals surface area contributed by atoms with E-state index < -0.39 is 17.6 Å². The molecule has 2 amide bonds. The van der Waals surface area contributed by atoms with Crippen LogP contribution >= 0.6 is 0 Å². The number of rotatable bonds is 5. The van der Waals surface area contributed by atoms with Gasteiger partial charge in [0.15, 0.2) is 0 Å². The van der Waals surface area contributed by atoms with Gasteiger partial charge in [-0.2, -0.15) is 5.26 Å². The zero-order valence-electron chi connectivity index (χ0n) is 16.8. The largest absolute Gasteiger partial charge is 0.443 e. The van der Waals surface area contributed by atoms with Gasteiger partial charge in [-0.05, 0) is 52.7 Å². The number of hydrogen-bond donors (Lipinski definition) is 2. The quantitative estimate of drug-likeness (QED) is 0.609. The summed E-state index contributed by atoms with van der Waals surface area (Å²) in [7, 11) is 0. The Morgan fingerprint density at radius 1 is 1.26 bits per heavy atom. The normalized spacial score (nSPS) is 11.6. The van der Waals surface area contributed by atoms with Gasteiger partial charge < -0.3 is 15.8 Å². The average Bonchev–Trinajstić information content (AvgIpc) is 2.52. The standard InChI is InChI=1S/C20H28N4O3/c1-13-9-14(2)17(15(3)10-13)23-18(25)16(11-22)12-24(8-7-21)19(26)27-20(4,5)6/h9-10,12H,7-8,21H2,1-6H3,(H,23,25)/b16-12-. The Hall–Kier alpha value is -2.85. The second-order valence-electron chi connectivity index (χ2n) is 7.34. The van der Waals surface area contributed by atoms with Gasteiger partial charge >= 0.3 is 6.09 Å². The van der Waals surface area contributed by atoms with E-state index in [2.05, 4.69) is 5.32 Å². The number of nitrogens with zero attached hydrogens (tertiary/aromatic N) is 2. The third-order valence-electron chi connectivity index (χ3n) is 3.56. The summed E-state index contributed by atoms with van der Waals surface area (Å²) in [5.41, 5.74) is 8.13. The highest BCUT2D eigenvalue weighted by molar-refractivity contribution is 6.07. The van der Waals surface area contributed by atoms with Crippen molar-refractivity contribution in [1.29, 1.82) is 5.26 Å². The molecule has 0 heterocycles. The van der Waals surface area contributed by atoms with E-state index in [4.69, 9.17) is 10.5 Å². The van der Waals surface area contributed by atoms with Crippen molar-refractivity contribution in [2.24, 2.45) is 5.73 Å². The number of carbonyl (C=O) groups is 2. The van der Waals surface area contributed by atoms with E-state index >= 15 is 0 Å². The molecule has 146 valence electrons. The number of hydrogen-bond acceptors (Lipinski definition) is 5. The molecule has 1 aromatic rings. The van der Waals surface area contributed by atoms with E-state index in [1.165, 1.54) is 6.20 Å². The van der Waals surface area contributed by atoms with Crippen molar-refractivity contribution < 1.29 is 14.3 Å². The lowest BCUT2D eigenvalue weighted by Crippen LogP contribution is -2.37. The molecule has 0 atom stereocenters. The van der Waals surface area contributed by atoms with Crippen molar-refractivity contribution in [3.63, 3.8) is 0 Å². The van der Waals surface area contributed by atoms with Crippen LogP contribution in [0.1, 0.15) is 37.5 Å². The second-order valence-corrected chi connectivity index (χ2v) is 7.34. The zero-order chi connectivity index (χ0) is 20.8. The minimum absolute atomic E-state index is 0.121. The summed E-state index contributed by atoms with van der Waals surface area (Å²) in [4.78, 5) is 26.0. The van der Waals surface area contributed by atoms with Gasteiger partial charge in [-0.15, -0.1) is 0 Å². The molecule has 0 unspecified atom stereocenters. The molecule has 7 nitrogen and oxygen atoms in total. The first-order chi connectivity index (χ1) is 12.5. The second kappa shape index (κ2) is 9.19. The highest BCUT2D eigenvalue weighted by Crippen LogP contribution is 2.22. The van der Waals surface area contributed by atoms with Crippen molar-refractivity contribution in [2.75, 3.05) is 18.4 Å². The number of aryl methyl sites for hydroxylation is 3. The van der Waals surface area contributed by atoms with Crippen LogP contribution in [0.4, 0.5) is 10.5 Å². The van der Waals surface area contributed by atoms with Gasteiger partial charge in [-0.25, -0.2) is 4.79 Å². The fourth-order valence-corrected chi connectivity index (χ4v) is 2.52. The predicted molar refractivity (Wildman–Crippen MR) is 105 cm³/mol. The molecule has 3 N–H and O–H groups in total. The summed E-state index contributed by atoms with van der Waals surface area (Å²) >= 11 is 0. The Morgan fingerprint density at radius 2 is 1.81 bits per heavy atom. The zero-order valence-corrected chi connectivity index (χ0v) is 16.8. The van der Waals surface area contributed by atoms with Gasteiger partial charge in [-0.3, -0.25) is 9.69 Å². The minimum atomic E-state index is -0.705. The molecule has 0 radical (unpaired) electrons. The van der Waals surface area contributed by atoms with Gasteiger partial charge in [0.25, 0.3) is 5.91 Å². The van der Waals surface area contributed by atoms with Crippen LogP contribution in [0.5, 0.6) is 0 Å². The molecule has 27 heavy (non-hydrogen) atoms. The monoisotopic (exact) mass is 372 g/mol. The molecule has 0 aliphatic rings. The molecule has 7 heteroatoms. The van der Waals surface area contributed by atoms with Crippen LogP contribution in [-0.4, -0.2) is 35.6 Å². The lowest BCUT2D eigenvalue weighted by atomic mass is 10.0. The number of anilines is 1. The molecule has 0 fully saturated rings. The van der Waals surface area contributed by atoms with E-state index in [9.17, 15) is 14.9 Å². The minimum Gasteiger partial charge on any atom is -0.443 e. The Kier molecular flexibility index (Phi) is 7.56. The molecule has 0 saturated heterocycles. The number of nitrogens with one attached hydrogen (secondary N) is 1. The van der Waals surface area contributed by atoms with Gasteiger partial charge in [-0.1, -0.05) is 17.7 Å². The maximum atomic E-state index is 12.6. The summed E-state index contributed by atoms with van der Waals surface area (Å²) in [6, 6.07) is 5.73. The van der Waals surface area contributed by atoms with Crippen LogP contribution in [0, 0.1) is 32.1 Å². The topological polar surface area (TPSA) is 108 Å². The highest BCUT2D eigenvalue weighted by atomic mass is 16.6. The first-order valence-corrected chi connectivity index (χ1v) is 8.69. The van der Waals surface area contributed by atoms with Crippen LogP contribution < -0.4 is 11.1 Å². The van der Waals surface area contributed by atoms with Crippen molar-refractivity contribution in [3.05, 3.63) is 40.6 Å². The number of nitriles is 1. The summed E-state index contributed by atoms with van der Waals surface area (Å²) in [5.74, 6) is -0.599. The number of nitrogens with two attached hydrogens (primary N) is 1. The van der Waals surface area contributed by atoms with Crippen LogP contribution in [0.2, 0.25) is 0 Å². The first kappa shape index (κ1) is 22.2. The molecule has 0 spiro atoms. The fraction of sp³-hybridized carbons (Fsp3) is 0.450. The van der Waals surface area contributed by atoms with Crippen molar-refractivity contribution in [3.8, 4) is 6.07 Å². The Bertz CT molecular complexity index is 762. The molecule has 0 aromatic heterocycles. The highest BCUT2D eigenvalue weighted by Gasteiger charge is 2.22. The van der Waals surface area contributed by atoms with Gasteiger partial charge in [0.2, 0.25) is 0 Å². The van der Waals surface area contributed by atoms with E-state index in [0.717, 1.165) is 21.6 Å². The van der Waals surface area contributed by atoms with Crippen LogP contribution in [0.15, 0.2) is 23.9 Å². The van der Waals surface area contributed by atoms with E-state index in [-0.39, 0.29) is 18.7 Å². The van der Waals surface area contributed by atoms with Crippen LogP contribution in [-0.2, 0) is 9.53 Å². The molecular weight excluding hydrogens is 344 g/mol. The molecule has 0 aliphatic heterocycles. The van der Waals surface area contributed by atoms with Crippen LogP contribution in [0.25, 0.3) is 0 Å². The molecule has 1 aromatic carbocycles. The van der Waals surface area contributed by atoms with E-state index in [0.29, 0.717) is 5.69 Å². The number of benzene rings is 1. The third-order valence-corrected chi connectivity index (χ3v) is 3.56. The van der Waals surface area contributed by atoms with Crippen molar-refractivity contribution in [1.82, 2.24) is 4.90 Å². The Labute approximate surface area is 160 Å². The molecular formula is C20H28N4O3. The average molecular weight is 372 g/mol. The van der Waals surface area contributed by atoms with Gasteiger partial charge in [0.05, 0.1) is 0 Å². The summed E-state index contributed by atoms with van der Waals surface area (Å²) < 4.78 is 5.29. The lowest BCUT2D eigenvalue weighted by molar-refractivity contribution is -0.112. The number of ether oxygens (including phenoxy) is 1. The third kappa shape index (κ3) is 6.76. The smallest absolute Gasteiger partial charge is 0.414 e. The summed E-state index contributed by atoms with van der Waals surface area (Å²) in [5, 5.41) is 12.2. The summed E-state index contributed by atoms with van der Waals surface area (Å²) in [6.07, 6.45) is 0.506. The maximum Gasteiger partial charge on any atom is 0.414 e. The fourth-order valence-electron chi connectivity index (χ4n) is 2.52. The molecule has 0 aliphatic carbocycles. The van der Waals surface area contributed by atoms with Gasteiger partial charge in [0.1, 0.15) is 17.2 Å². The Balaban J connectivity index is 3.11. The van der Waals surface area contributed by atoms with Crippen molar-refractivity contribution in [2.45, 2.75) is 47.1 Å². The lowest BCUT2D eigenvalue weighted by Gasteiger charge is -2.25. The van der Waals surface area contributed by atoms with Crippen LogP contribution in [0.3, 0.4) is 0 Å². The molecule has 0 bridgehead atoms. The van der Waals surface area contributed by atoms with Gasteiger partial charge in [0, 0.05) is 25.0 Å². The predicted octanol–water partition coefficient (Wildman–Crippen LogP) is 3.15. The molecule has 0 saturated carbocycles. The number of amides is 2. The van der Waals surface area contributed by atoms with E-state index in [1.54, 1.807) is 20.8 Å². The molecule has 1 rings (SSSR count). The maximum absolute atomic E-state index is 12.6.